The van der Waals surface area contributed by atoms with Crippen LogP contribution in [0.3, 0.4) is 0 Å². The average Bonchev–Trinajstić information content (AvgIpc) is 3.22. The molecule has 2 aliphatic heterocycles. The molecular formula is C19H16Cl3NO4. The third kappa shape index (κ3) is 3.28. The summed E-state index contributed by atoms with van der Waals surface area (Å²) in [7, 11) is 0. The zero-order chi connectivity index (χ0) is 19.0. The fourth-order valence-electron chi connectivity index (χ4n) is 3.35. The molecule has 0 aliphatic carbocycles. The Kier molecular flexibility index (Phi) is 5.23. The Labute approximate surface area is 171 Å². The molecule has 0 bridgehead atoms. The number of para-hydroxylation sites is 1. The molecule has 4 rings (SSSR count). The summed E-state index contributed by atoms with van der Waals surface area (Å²) in [5.74, 6) is -1.08. The molecule has 27 heavy (non-hydrogen) atoms. The SMILES string of the molecule is O=C1N(CCCOc2ccc(Cl)cc2Cl)c2c(Cl)cccc2C12OCCO2. The van der Waals surface area contributed by atoms with Crippen molar-refractivity contribution >= 4 is 46.4 Å². The molecule has 8 heteroatoms. The second-order valence-corrected chi connectivity index (χ2v) is 7.43. The first-order chi connectivity index (χ1) is 13.0. The molecule has 2 aromatic carbocycles. The number of carbonyl (C=O) groups is 1. The lowest BCUT2D eigenvalue weighted by Gasteiger charge is -2.22. The Hall–Kier alpha value is -1.50. The van der Waals surface area contributed by atoms with E-state index in [1.807, 2.05) is 6.07 Å². The van der Waals surface area contributed by atoms with Gasteiger partial charge in [0.25, 0.3) is 11.7 Å². The smallest absolute Gasteiger partial charge is 0.292 e. The lowest BCUT2D eigenvalue weighted by atomic mass is 10.1. The molecule has 1 spiro atoms. The molecular weight excluding hydrogens is 413 g/mol. The molecule has 2 aromatic rings. The van der Waals surface area contributed by atoms with E-state index in [9.17, 15) is 4.79 Å². The van der Waals surface area contributed by atoms with Gasteiger partial charge >= 0.3 is 0 Å². The van der Waals surface area contributed by atoms with Crippen molar-refractivity contribution in [1.82, 2.24) is 0 Å². The molecule has 0 N–H and O–H groups in total. The van der Waals surface area contributed by atoms with Gasteiger partial charge in [0, 0.05) is 17.1 Å². The van der Waals surface area contributed by atoms with Crippen molar-refractivity contribution in [3.63, 3.8) is 0 Å². The van der Waals surface area contributed by atoms with Gasteiger partial charge in [-0.25, -0.2) is 0 Å². The van der Waals surface area contributed by atoms with Crippen molar-refractivity contribution in [2.45, 2.75) is 12.2 Å². The van der Waals surface area contributed by atoms with E-state index in [0.29, 0.717) is 64.9 Å². The summed E-state index contributed by atoms with van der Waals surface area (Å²) in [5, 5.41) is 1.47. The van der Waals surface area contributed by atoms with Gasteiger partial charge < -0.3 is 19.1 Å². The minimum atomic E-state index is -1.37. The summed E-state index contributed by atoms with van der Waals surface area (Å²) in [6, 6.07) is 10.4. The van der Waals surface area contributed by atoms with E-state index in [1.54, 1.807) is 35.2 Å². The van der Waals surface area contributed by atoms with Crippen LogP contribution in [0.25, 0.3) is 0 Å². The number of carbonyl (C=O) groups excluding carboxylic acids is 1. The summed E-state index contributed by atoms with van der Waals surface area (Å²) in [4.78, 5) is 14.6. The van der Waals surface area contributed by atoms with E-state index in [2.05, 4.69) is 0 Å². The van der Waals surface area contributed by atoms with Gasteiger partial charge in [0.2, 0.25) is 0 Å². The first-order valence-electron chi connectivity index (χ1n) is 8.49. The first-order valence-corrected chi connectivity index (χ1v) is 9.63. The fraction of sp³-hybridized carbons (Fsp3) is 0.316. The molecule has 0 atom stereocenters. The van der Waals surface area contributed by atoms with Gasteiger partial charge in [-0.3, -0.25) is 4.79 Å². The van der Waals surface area contributed by atoms with Gasteiger partial charge in [0.15, 0.2) is 0 Å². The molecule has 2 heterocycles. The zero-order valence-electron chi connectivity index (χ0n) is 14.2. The highest BCUT2D eigenvalue weighted by Gasteiger charge is 2.56. The highest BCUT2D eigenvalue weighted by Crippen LogP contribution is 2.48. The van der Waals surface area contributed by atoms with Crippen LogP contribution >= 0.6 is 34.8 Å². The summed E-state index contributed by atoms with van der Waals surface area (Å²) in [6.07, 6.45) is 0.575. The second-order valence-electron chi connectivity index (χ2n) is 6.18. The highest BCUT2D eigenvalue weighted by atomic mass is 35.5. The minimum absolute atomic E-state index is 0.257. The quantitative estimate of drug-likeness (QED) is 0.650. The van der Waals surface area contributed by atoms with Crippen molar-refractivity contribution < 1.29 is 19.0 Å². The zero-order valence-corrected chi connectivity index (χ0v) is 16.5. The molecule has 0 radical (unpaired) electrons. The van der Waals surface area contributed by atoms with Crippen LogP contribution < -0.4 is 9.64 Å². The lowest BCUT2D eigenvalue weighted by Crippen LogP contribution is -2.41. The molecule has 0 saturated carbocycles. The monoisotopic (exact) mass is 427 g/mol. The number of hydrogen-bond acceptors (Lipinski definition) is 4. The number of amides is 1. The van der Waals surface area contributed by atoms with E-state index in [1.165, 1.54) is 0 Å². The van der Waals surface area contributed by atoms with Gasteiger partial charge in [0.1, 0.15) is 5.75 Å². The Balaban J connectivity index is 1.47. The predicted octanol–water partition coefficient (Wildman–Crippen LogP) is 4.66. The summed E-state index contributed by atoms with van der Waals surface area (Å²) in [6.45, 7) is 1.52. The molecule has 5 nitrogen and oxygen atoms in total. The van der Waals surface area contributed by atoms with E-state index in [4.69, 9.17) is 49.0 Å². The third-order valence-electron chi connectivity index (χ3n) is 4.51. The maximum atomic E-state index is 13.0. The lowest BCUT2D eigenvalue weighted by molar-refractivity contribution is -0.180. The summed E-state index contributed by atoms with van der Waals surface area (Å²) < 4.78 is 17.1. The first kappa shape index (κ1) is 18.8. The number of hydrogen-bond donors (Lipinski definition) is 0. The minimum Gasteiger partial charge on any atom is -0.492 e. The van der Waals surface area contributed by atoms with Crippen molar-refractivity contribution in [3.05, 3.63) is 57.0 Å². The van der Waals surface area contributed by atoms with Crippen LogP contribution in [0.5, 0.6) is 5.75 Å². The fourth-order valence-corrected chi connectivity index (χ4v) is 4.09. The molecule has 1 saturated heterocycles. The van der Waals surface area contributed by atoms with Crippen LogP contribution in [0.1, 0.15) is 12.0 Å². The summed E-state index contributed by atoms with van der Waals surface area (Å²) in [5.41, 5.74) is 1.29. The van der Waals surface area contributed by atoms with Crippen molar-refractivity contribution in [2.24, 2.45) is 0 Å². The van der Waals surface area contributed by atoms with Crippen LogP contribution in [0, 0.1) is 0 Å². The van der Waals surface area contributed by atoms with E-state index in [0.717, 1.165) is 0 Å². The Morgan fingerprint density at radius 1 is 1.07 bits per heavy atom. The molecule has 2 aliphatic rings. The number of anilines is 1. The Morgan fingerprint density at radius 3 is 2.59 bits per heavy atom. The Bertz CT molecular complexity index is 883. The normalized spacial score (nSPS) is 17.6. The van der Waals surface area contributed by atoms with E-state index in [-0.39, 0.29) is 5.91 Å². The van der Waals surface area contributed by atoms with Crippen molar-refractivity contribution in [1.29, 1.82) is 0 Å². The third-order valence-corrected chi connectivity index (χ3v) is 5.34. The van der Waals surface area contributed by atoms with Crippen molar-refractivity contribution in [2.75, 3.05) is 31.3 Å². The van der Waals surface area contributed by atoms with Gasteiger partial charge in [-0.15, -0.1) is 0 Å². The highest BCUT2D eigenvalue weighted by molar-refractivity contribution is 6.35. The number of ether oxygens (including phenoxy) is 3. The standard InChI is InChI=1S/C19H16Cl3NO4/c20-12-5-6-16(15(22)11-12)25-8-2-7-23-17-13(3-1-4-14(17)21)19(18(23)24)26-9-10-27-19/h1,3-6,11H,2,7-10H2. The number of halogens is 3. The van der Waals surface area contributed by atoms with Gasteiger partial charge in [-0.1, -0.05) is 46.9 Å². The number of fused-ring (bicyclic) bond motifs is 2. The van der Waals surface area contributed by atoms with Crippen LogP contribution in [-0.4, -0.2) is 32.3 Å². The maximum absolute atomic E-state index is 13.0. The average molecular weight is 429 g/mol. The number of nitrogens with zero attached hydrogens (tertiary/aromatic N) is 1. The maximum Gasteiger partial charge on any atom is 0.292 e. The van der Waals surface area contributed by atoms with Gasteiger partial charge in [-0.2, -0.15) is 0 Å². The topological polar surface area (TPSA) is 48.0 Å². The number of benzene rings is 2. The van der Waals surface area contributed by atoms with Crippen LogP contribution in [0.2, 0.25) is 15.1 Å². The predicted molar refractivity (Wildman–Crippen MR) is 104 cm³/mol. The van der Waals surface area contributed by atoms with Gasteiger partial charge in [0.05, 0.1) is 35.6 Å². The molecule has 1 amide bonds. The summed E-state index contributed by atoms with van der Waals surface area (Å²) >= 11 is 18.4. The van der Waals surface area contributed by atoms with Crippen LogP contribution in [0.15, 0.2) is 36.4 Å². The molecule has 0 unspecified atom stereocenters. The largest absolute Gasteiger partial charge is 0.492 e. The van der Waals surface area contributed by atoms with Crippen molar-refractivity contribution in [3.8, 4) is 5.75 Å². The number of rotatable bonds is 5. The van der Waals surface area contributed by atoms with E-state index >= 15 is 0 Å². The molecule has 1 fully saturated rings. The van der Waals surface area contributed by atoms with Crippen LogP contribution in [-0.2, 0) is 20.1 Å². The molecule has 0 aromatic heterocycles. The molecule has 142 valence electrons. The second kappa shape index (κ2) is 7.49. The Morgan fingerprint density at radius 2 is 1.85 bits per heavy atom. The van der Waals surface area contributed by atoms with Crippen LogP contribution in [0.4, 0.5) is 5.69 Å². The van der Waals surface area contributed by atoms with Gasteiger partial charge in [-0.05, 0) is 30.7 Å². The van der Waals surface area contributed by atoms with E-state index < -0.39 is 5.79 Å².